The van der Waals surface area contributed by atoms with Crippen LogP contribution in [0.4, 0.5) is 0 Å². The van der Waals surface area contributed by atoms with E-state index >= 15 is 0 Å². The summed E-state index contributed by atoms with van der Waals surface area (Å²) >= 11 is 0. The van der Waals surface area contributed by atoms with Crippen LogP contribution in [0.5, 0.6) is 11.5 Å². The fraction of sp³-hybridized carbons (Fsp3) is 0.350. The van der Waals surface area contributed by atoms with Gasteiger partial charge in [0, 0.05) is 13.1 Å². The first kappa shape index (κ1) is 18.6. The van der Waals surface area contributed by atoms with Crippen LogP contribution in [0.1, 0.15) is 17.5 Å². The number of hydrogen-bond donors (Lipinski definition) is 2. The lowest BCUT2D eigenvalue weighted by Crippen LogP contribution is -2.33. The molecule has 0 bridgehead atoms. The second-order valence-corrected chi connectivity index (χ2v) is 5.72. The zero-order valence-corrected chi connectivity index (χ0v) is 15.0. The summed E-state index contributed by atoms with van der Waals surface area (Å²) in [5, 5.41) is 3.15. The van der Waals surface area contributed by atoms with E-state index in [9.17, 15) is 0 Å². The van der Waals surface area contributed by atoms with Crippen LogP contribution in [0.25, 0.3) is 0 Å². The van der Waals surface area contributed by atoms with Gasteiger partial charge >= 0.3 is 0 Å². The third-order valence-corrected chi connectivity index (χ3v) is 3.92. The quantitative estimate of drug-likeness (QED) is 0.418. The molecule has 134 valence electrons. The van der Waals surface area contributed by atoms with E-state index in [4.69, 9.17) is 15.2 Å². The number of guanidine groups is 1. The lowest BCUT2D eigenvalue weighted by atomic mass is 10.1. The molecule has 0 aliphatic rings. The van der Waals surface area contributed by atoms with Crippen molar-refractivity contribution in [1.29, 1.82) is 0 Å². The molecular formula is C20H27N3O2. The molecule has 0 aliphatic heterocycles. The van der Waals surface area contributed by atoms with E-state index in [-0.39, 0.29) is 0 Å². The molecule has 0 spiro atoms. The van der Waals surface area contributed by atoms with Gasteiger partial charge in [0.1, 0.15) is 0 Å². The van der Waals surface area contributed by atoms with Crippen molar-refractivity contribution in [2.45, 2.75) is 19.3 Å². The monoisotopic (exact) mass is 341 g/mol. The van der Waals surface area contributed by atoms with Gasteiger partial charge in [-0.15, -0.1) is 0 Å². The van der Waals surface area contributed by atoms with Gasteiger partial charge in [-0.05, 0) is 42.5 Å². The fourth-order valence-electron chi connectivity index (χ4n) is 2.55. The van der Waals surface area contributed by atoms with Crippen LogP contribution < -0.4 is 20.5 Å². The van der Waals surface area contributed by atoms with E-state index in [1.54, 1.807) is 14.2 Å². The van der Waals surface area contributed by atoms with Crippen molar-refractivity contribution in [2.75, 3.05) is 27.3 Å². The Morgan fingerprint density at radius 2 is 1.72 bits per heavy atom. The SMILES string of the molecule is COc1ccc(CCCN=C(N)NCCc2ccccc2)cc1OC. The Labute approximate surface area is 149 Å². The molecule has 0 amide bonds. The number of nitrogens with two attached hydrogens (primary N) is 1. The molecule has 0 saturated heterocycles. The smallest absolute Gasteiger partial charge is 0.188 e. The highest BCUT2D eigenvalue weighted by atomic mass is 16.5. The molecule has 0 unspecified atom stereocenters. The average molecular weight is 341 g/mol. The molecule has 0 fully saturated rings. The predicted molar refractivity (Wildman–Crippen MR) is 103 cm³/mol. The first-order chi connectivity index (χ1) is 12.2. The Kier molecular flexibility index (Phi) is 7.63. The summed E-state index contributed by atoms with van der Waals surface area (Å²) < 4.78 is 10.6. The Morgan fingerprint density at radius 3 is 2.44 bits per heavy atom. The van der Waals surface area contributed by atoms with Crippen LogP contribution in [0.2, 0.25) is 0 Å². The minimum Gasteiger partial charge on any atom is -0.493 e. The average Bonchev–Trinajstić information content (AvgIpc) is 2.66. The fourth-order valence-corrected chi connectivity index (χ4v) is 2.55. The van der Waals surface area contributed by atoms with Crippen LogP contribution in [0.3, 0.4) is 0 Å². The van der Waals surface area contributed by atoms with Gasteiger partial charge in [-0.2, -0.15) is 0 Å². The summed E-state index contributed by atoms with van der Waals surface area (Å²) in [6, 6.07) is 16.3. The van der Waals surface area contributed by atoms with Gasteiger partial charge in [-0.25, -0.2) is 0 Å². The number of nitrogens with zero attached hydrogens (tertiary/aromatic N) is 1. The summed E-state index contributed by atoms with van der Waals surface area (Å²) in [5.41, 5.74) is 8.39. The highest BCUT2D eigenvalue weighted by molar-refractivity contribution is 5.77. The van der Waals surface area contributed by atoms with Crippen molar-refractivity contribution in [3.05, 3.63) is 59.7 Å². The van der Waals surface area contributed by atoms with Crippen LogP contribution in [-0.4, -0.2) is 33.3 Å². The Bertz CT molecular complexity index is 672. The minimum atomic E-state index is 0.503. The number of aryl methyl sites for hydroxylation is 1. The molecule has 5 nitrogen and oxygen atoms in total. The van der Waals surface area contributed by atoms with E-state index in [2.05, 4.69) is 22.4 Å². The Hall–Kier alpha value is -2.69. The van der Waals surface area contributed by atoms with Crippen LogP contribution >= 0.6 is 0 Å². The van der Waals surface area contributed by atoms with Gasteiger partial charge in [-0.3, -0.25) is 4.99 Å². The molecule has 0 aliphatic carbocycles. The van der Waals surface area contributed by atoms with Crippen molar-refractivity contribution < 1.29 is 9.47 Å². The predicted octanol–water partition coefficient (Wildman–Crippen LogP) is 2.78. The molecule has 3 N–H and O–H groups in total. The zero-order chi connectivity index (χ0) is 17.9. The summed E-state index contributed by atoms with van der Waals surface area (Å²) in [7, 11) is 3.29. The van der Waals surface area contributed by atoms with Gasteiger partial charge in [-0.1, -0.05) is 36.4 Å². The number of benzene rings is 2. The van der Waals surface area contributed by atoms with E-state index in [0.717, 1.165) is 37.3 Å². The van der Waals surface area contributed by atoms with E-state index in [1.165, 1.54) is 11.1 Å². The molecule has 2 rings (SSSR count). The second-order valence-electron chi connectivity index (χ2n) is 5.72. The molecule has 0 atom stereocenters. The van der Waals surface area contributed by atoms with Crippen molar-refractivity contribution in [3.8, 4) is 11.5 Å². The van der Waals surface area contributed by atoms with Crippen molar-refractivity contribution in [3.63, 3.8) is 0 Å². The highest BCUT2D eigenvalue weighted by Crippen LogP contribution is 2.27. The third-order valence-electron chi connectivity index (χ3n) is 3.92. The minimum absolute atomic E-state index is 0.503. The lowest BCUT2D eigenvalue weighted by Gasteiger charge is -2.09. The first-order valence-electron chi connectivity index (χ1n) is 8.51. The summed E-state index contributed by atoms with van der Waals surface area (Å²) in [6.45, 7) is 1.48. The molecule has 25 heavy (non-hydrogen) atoms. The zero-order valence-electron chi connectivity index (χ0n) is 15.0. The Balaban J connectivity index is 1.69. The standard InChI is InChI=1S/C20H27N3O2/c1-24-18-11-10-17(15-19(18)25-2)9-6-13-22-20(21)23-14-12-16-7-4-3-5-8-16/h3-5,7-8,10-11,15H,6,9,12-14H2,1-2H3,(H3,21,22,23). The first-order valence-corrected chi connectivity index (χ1v) is 8.51. The number of ether oxygens (including phenoxy) is 2. The number of methoxy groups -OCH3 is 2. The molecule has 0 heterocycles. The molecule has 2 aromatic rings. The molecule has 0 aromatic heterocycles. The van der Waals surface area contributed by atoms with E-state index < -0.39 is 0 Å². The molecule has 5 heteroatoms. The number of nitrogens with one attached hydrogen (secondary N) is 1. The summed E-state index contributed by atoms with van der Waals surface area (Å²) in [6.07, 6.45) is 2.78. The summed E-state index contributed by atoms with van der Waals surface area (Å²) in [5.74, 6) is 2.00. The molecular weight excluding hydrogens is 314 g/mol. The van der Waals surface area contributed by atoms with E-state index in [1.807, 2.05) is 36.4 Å². The van der Waals surface area contributed by atoms with Gasteiger partial charge in [0.05, 0.1) is 14.2 Å². The largest absolute Gasteiger partial charge is 0.493 e. The maximum Gasteiger partial charge on any atom is 0.188 e. The van der Waals surface area contributed by atoms with E-state index in [0.29, 0.717) is 12.5 Å². The van der Waals surface area contributed by atoms with Crippen LogP contribution in [-0.2, 0) is 12.8 Å². The maximum absolute atomic E-state index is 5.90. The maximum atomic E-state index is 5.90. The summed E-state index contributed by atoms with van der Waals surface area (Å²) in [4.78, 5) is 4.37. The van der Waals surface area contributed by atoms with Crippen LogP contribution in [0, 0.1) is 0 Å². The van der Waals surface area contributed by atoms with Crippen LogP contribution in [0.15, 0.2) is 53.5 Å². The molecule has 0 saturated carbocycles. The van der Waals surface area contributed by atoms with Gasteiger partial charge < -0.3 is 20.5 Å². The third kappa shape index (κ3) is 6.37. The molecule has 2 aromatic carbocycles. The number of hydrogen-bond acceptors (Lipinski definition) is 3. The highest BCUT2D eigenvalue weighted by Gasteiger charge is 2.04. The van der Waals surface area contributed by atoms with Crippen molar-refractivity contribution >= 4 is 5.96 Å². The number of rotatable bonds is 9. The van der Waals surface area contributed by atoms with Gasteiger partial charge in [0.15, 0.2) is 17.5 Å². The Morgan fingerprint density at radius 1 is 0.960 bits per heavy atom. The van der Waals surface area contributed by atoms with Crippen molar-refractivity contribution in [1.82, 2.24) is 5.32 Å². The number of aliphatic imine (C=N–C) groups is 1. The topological polar surface area (TPSA) is 68.9 Å². The van der Waals surface area contributed by atoms with Gasteiger partial charge in [0.25, 0.3) is 0 Å². The lowest BCUT2D eigenvalue weighted by molar-refractivity contribution is 0.354. The second kappa shape index (κ2) is 10.2. The van der Waals surface area contributed by atoms with Gasteiger partial charge in [0.2, 0.25) is 0 Å². The molecule has 0 radical (unpaired) electrons. The van der Waals surface area contributed by atoms with Crippen molar-refractivity contribution in [2.24, 2.45) is 10.7 Å². The normalized spacial score (nSPS) is 11.2.